The molecule has 134 valence electrons. The van der Waals surface area contributed by atoms with Crippen LogP contribution >= 0.6 is 24.0 Å². The summed E-state index contributed by atoms with van der Waals surface area (Å²) in [5, 5.41) is 6.56. The first-order chi connectivity index (χ1) is 11.3. The second-order valence-electron chi connectivity index (χ2n) is 5.28. The van der Waals surface area contributed by atoms with E-state index in [4.69, 9.17) is 4.74 Å². The van der Waals surface area contributed by atoms with Gasteiger partial charge in [-0.3, -0.25) is 4.99 Å². The number of guanidine groups is 1. The van der Waals surface area contributed by atoms with Crippen LogP contribution in [0.4, 0.5) is 0 Å². The summed E-state index contributed by atoms with van der Waals surface area (Å²) in [4.78, 5) is 8.80. The van der Waals surface area contributed by atoms with E-state index in [0.717, 1.165) is 50.0 Å². The fraction of sp³-hybridized carbons (Fsp3) is 0.529. The van der Waals surface area contributed by atoms with Gasteiger partial charge in [-0.25, -0.2) is 4.98 Å². The highest BCUT2D eigenvalue weighted by Gasteiger charge is 2.06. The van der Waals surface area contributed by atoms with E-state index in [9.17, 15) is 0 Å². The first kappa shape index (κ1) is 20.7. The van der Waals surface area contributed by atoms with Gasteiger partial charge in [-0.2, -0.15) is 0 Å². The number of nitrogens with zero attached hydrogens (tertiary/aromatic N) is 3. The highest BCUT2D eigenvalue weighted by atomic mass is 127. The van der Waals surface area contributed by atoms with E-state index < -0.39 is 0 Å². The second-order valence-corrected chi connectivity index (χ2v) is 5.28. The van der Waals surface area contributed by atoms with Crippen LogP contribution < -0.4 is 10.6 Å². The summed E-state index contributed by atoms with van der Waals surface area (Å²) in [5.41, 5.74) is 2.26. The molecule has 1 aromatic carbocycles. The Morgan fingerprint density at radius 2 is 2.00 bits per heavy atom. The number of aliphatic imine (C=N–C) groups is 1. The topological polar surface area (TPSA) is 63.5 Å². The number of ether oxygens (including phenoxy) is 1. The SMILES string of the molecule is CCOCCNC(=NC)NCCCn1c(C)nc2ccccc21.I. The molecule has 24 heavy (non-hydrogen) atoms. The number of hydrogen-bond acceptors (Lipinski definition) is 3. The van der Waals surface area contributed by atoms with Crippen molar-refractivity contribution in [3.63, 3.8) is 0 Å². The van der Waals surface area contributed by atoms with E-state index in [1.165, 1.54) is 5.52 Å². The number of para-hydroxylation sites is 2. The van der Waals surface area contributed by atoms with E-state index >= 15 is 0 Å². The van der Waals surface area contributed by atoms with Crippen molar-refractivity contribution < 1.29 is 4.74 Å². The third-order valence-corrected chi connectivity index (χ3v) is 3.66. The average molecular weight is 445 g/mol. The Kier molecular flexibility index (Phi) is 9.70. The summed E-state index contributed by atoms with van der Waals surface area (Å²) in [6, 6.07) is 8.26. The lowest BCUT2D eigenvalue weighted by Crippen LogP contribution is -2.39. The number of fused-ring (bicyclic) bond motifs is 1. The number of aromatic nitrogens is 2. The van der Waals surface area contributed by atoms with Crippen molar-refractivity contribution in [2.24, 2.45) is 4.99 Å². The Balaban J connectivity index is 0.00000288. The number of halogens is 1. The van der Waals surface area contributed by atoms with Crippen molar-refractivity contribution in [3.8, 4) is 0 Å². The molecule has 0 amide bonds. The number of nitrogens with one attached hydrogen (secondary N) is 2. The lowest BCUT2D eigenvalue weighted by Gasteiger charge is -2.12. The summed E-state index contributed by atoms with van der Waals surface area (Å²) >= 11 is 0. The van der Waals surface area contributed by atoms with Crippen LogP contribution in [0.1, 0.15) is 19.2 Å². The molecule has 0 spiro atoms. The molecule has 1 aromatic heterocycles. The summed E-state index contributed by atoms with van der Waals surface area (Å²) in [6.07, 6.45) is 1.01. The highest BCUT2D eigenvalue weighted by Crippen LogP contribution is 2.15. The molecule has 2 rings (SSSR count). The van der Waals surface area contributed by atoms with Crippen LogP contribution in [0, 0.1) is 6.92 Å². The van der Waals surface area contributed by atoms with Crippen LogP contribution in [0.2, 0.25) is 0 Å². The Morgan fingerprint density at radius 3 is 2.75 bits per heavy atom. The van der Waals surface area contributed by atoms with Crippen molar-refractivity contribution in [2.45, 2.75) is 26.8 Å². The minimum Gasteiger partial charge on any atom is -0.380 e. The fourth-order valence-corrected chi connectivity index (χ4v) is 2.53. The zero-order valence-electron chi connectivity index (χ0n) is 14.7. The van der Waals surface area contributed by atoms with Gasteiger partial charge in [-0.1, -0.05) is 12.1 Å². The van der Waals surface area contributed by atoms with Crippen LogP contribution in [-0.4, -0.2) is 48.9 Å². The number of aryl methyl sites for hydroxylation is 2. The first-order valence-electron chi connectivity index (χ1n) is 8.20. The molecule has 1 heterocycles. The molecule has 7 heteroatoms. The summed E-state index contributed by atoms with van der Waals surface area (Å²) in [5.74, 6) is 1.88. The molecule has 0 saturated carbocycles. The standard InChI is InChI=1S/C17H27N5O.HI/c1-4-23-13-11-20-17(18-3)19-10-7-12-22-14(2)21-15-8-5-6-9-16(15)22;/h5-6,8-9H,4,7,10-13H2,1-3H3,(H2,18,19,20);1H. The lowest BCUT2D eigenvalue weighted by atomic mass is 10.3. The average Bonchev–Trinajstić information content (AvgIpc) is 2.89. The molecule has 2 N–H and O–H groups in total. The van der Waals surface area contributed by atoms with E-state index in [1.807, 2.05) is 13.0 Å². The van der Waals surface area contributed by atoms with E-state index in [2.05, 4.69) is 50.3 Å². The Morgan fingerprint density at radius 1 is 1.25 bits per heavy atom. The smallest absolute Gasteiger partial charge is 0.191 e. The molecule has 0 atom stereocenters. The normalized spacial score (nSPS) is 11.4. The van der Waals surface area contributed by atoms with Crippen molar-refractivity contribution in [1.29, 1.82) is 0 Å². The lowest BCUT2D eigenvalue weighted by molar-refractivity contribution is 0.152. The van der Waals surface area contributed by atoms with Gasteiger partial charge in [0.2, 0.25) is 0 Å². The molecule has 0 saturated heterocycles. The van der Waals surface area contributed by atoms with Crippen molar-refractivity contribution in [1.82, 2.24) is 20.2 Å². The number of benzene rings is 1. The van der Waals surface area contributed by atoms with E-state index in [-0.39, 0.29) is 24.0 Å². The number of hydrogen-bond donors (Lipinski definition) is 2. The fourth-order valence-electron chi connectivity index (χ4n) is 2.53. The van der Waals surface area contributed by atoms with Gasteiger partial charge in [-0.15, -0.1) is 24.0 Å². The van der Waals surface area contributed by atoms with Crippen molar-refractivity contribution in [2.75, 3.05) is 33.4 Å². The maximum absolute atomic E-state index is 5.30. The maximum atomic E-state index is 5.30. The Labute approximate surface area is 161 Å². The number of imidazole rings is 1. The molecular weight excluding hydrogens is 417 g/mol. The second kappa shape index (κ2) is 11.2. The van der Waals surface area contributed by atoms with Crippen LogP contribution in [-0.2, 0) is 11.3 Å². The van der Waals surface area contributed by atoms with Gasteiger partial charge >= 0.3 is 0 Å². The minimum absolute atomic E-state index is 0. The molecular formula is C17H28IN5O. The van der Waals surface area contributed by atoms with Crippen LogP contribution in [0.15, 0.2) is 29.3 Å². The predicted octanol–water partition coefficient (Wildman–Crippen LogP) is 2.55. The van der Waals surface area contributed by atoms with Crippen LogP contribution in [0.25, 0.3) is 11.0 Å². The van der Waals surface area contributed by atoms with Crippen molar-refractivity contribution in [3.05, 3.63) is 30.1 Å². The third kappa shape index (κ3) is 5.94. The Hall–Kier alpha value is -1.35. The van der Waals surface area contributed by atoms with Crippen LogP contribution in [0.5, 0.6) is 0 Å². The molecule has 0 unspecified atom stereocenters. The molecule has 0 fully saturated rings. The third-order valence-electron chi connectivity index (χ3n) is 3.66. The maximum Gasteiger partial charge on any atom is 0.191 e. The Bertz CT molecular complexity index is 641. The van der Waals surface area contributed by atoms with Gasteiger partial charge in [0.05, 0.1) is 17.6 Å². The van der Waals surface area contributed by atoms with Gasteiger partial charge in [-0.05, 0) is 32.4 Å². The van der Waals surface area contributed by atoms with Crippen molar-refractivity contribution >= 4 is 41.0 Å². The van der Waals surface area contributed by atoms with E-state index in [0.29, 0.717) is 6.61 Å². The molecule has 0 aliphatic carbocycles. The molecule has 0 bridgehead atoms. The summed E-state index contributed by atoms with van der Waals surface area (Å²) in [7, 11) is 1.78. The molecule has 2 aromatic rings. The highest BCUT2D eigenvalue weighted by molar-refractivity contribution is 14.0. The van der Waals surface area contributed by atoms with Gasteiger partial charge in [0.25, 0.3) is 0 Å². The molecule has 0 radical (unpaired) electrons. The molecule has 0 aliphatic rings. The summed E-state index contributed by atoms with van der Waals surface area (Å²) in [6.45, 7) is 8.05. The summed E-state index contributed by atoms with van der Waals surface area (Å²) < 4.78 is 7.57. The first-order valence-corrected chi connectivity index (χ1v) is 8.20. The van der Waals surface area contributed by atoms with Gasteiger partial charge in [0.15, 0.2) is 5.96 Å². The largest absolute Gasteiger partial charge is 0.380 e. The van der Waals surface area contributed by atoms with E-state index in [1.54, 1.807) is 7.05 Å². The minimum atomic E-state index is 0. The predicted molar refractivity (Wildman–Crippen MR) is 110 cm³/mol. The monoisotopic (exact) mass is 445 g/mol. The zero-order valence-corrected chi connectivity index (χ0v) is 17.0. The quantitative estimate of drug-likeness (QED) is 0.284. The van der Waals surface area contributed by atoms with Gasteiger partial charge in [0, 0.05) is 33.3 Å². The zero-order chi connectivity index (χ0) is 16.5. The van der Waals surface area contributed by atoms with Gasteiger partial charge < -0.3 is 19.9 Å². The molecule has 0 aliphatic heterocycles. The van der Waals surface area contributed by atoms with Crippen LogP contribution in [0.3, 0.4) is 0 Å². The van der Waals surface area contributed by atoms with Gasteiger partial charge in [0.1, 0.15) is 5.82 Å². The molecule has 6 nitrogen and oxygen atoms in total. The number of rotatable bonds is 8.